The SMILES string of the molecule is CC(C)(C)OC(=O)N1CC2(CC2NC(=O)OCc2ccccc2)C1. The van der Waals surface area contributed by atoms with Gasteiger partial charge < -0.3 is 19.7 Å². The summed E-state index contributed by atoms with van der Waals surface area (Å²) in [6.07, 6.45) is 0.189. The van der Waals surface area contributed by atoms with Crippen molar-refractivity contribution in [2.24, 2.45) is 5.41 Å². The van der Waals surface area contributed by atoms with Crippen LogP contribution in [0, 0.1) is 5.41 Å². The molecular formula is C18H24N2O4. The monoisotopic (exact) mass is 332 g/mol. The maximum absolute atomic E-state index is 11.9. The van der Waals surface area contributed by atoms with Crippen molar-refractivity contribution in [3.05, 3.63) is 35.9 Å². The lowest BCUT2D eigenvalue weighted by Gasteiger charge is -2.41. The predicted octanol–water partition coefficient (Wildman–Crippen LogP) is 2.92. The Bertz CT molecular complexity index is 618. The summed E-state index contributed by atoms with van der Waals surface area (Å²) in [5.74, 6) is 0. The minimum atomic E-state index is -0.484. The second-order valence-corrected chi connectivity index (χ2v) is 7.66. The summed E-state index contributed by atoms with van der Waals surface area (Å²) in [6, 6.07) is 9.65. The van der Waals surface area contributed by atoms with Crippen molar-refractivity contribution < 1.29 is 19.1 Å². The Morgan fingerprint density at radius 1 is 1.25 bits per heavy atom. The number of alkyl carbamates (subject to hydrolysis) is 1. The van der Waals surface area contributed by atoms with Crippen LogP contribution in [0.25, 0.3) is 0 Å². The molecule has 2 aliphatic rings. The fourth-order valence-electron chi connectivity index (χ4n) is 2.98. The average Bonchev–Trinajstić information content (AvgIpc) is 3.17. The summed E-state index contributed by atoms with van der Waals surface area (Å²) in [4.78, 5) is 25.5. The Morgan fingerprint density at radius 2 is 1.92 bits per heavy atom. The van der Waals surface area contributed by atoms with Crippen molar-refractivity contribution in [3.8, 4) is 0 Å². The van der Waals surface area contributed by atoms with Crippen LogP contribution >= 0.6 is 0 Å². The summed E-state index contributed by atoms with van der Waals surface area (Å²) in [7, 11) is 0. The number of rotatable bonds is 3. The van der Waals surface area contributed by atoms with E-state index in [0.717, 1.165) is 12.0 Å². The number of carbonyl (C=O) groups is 2. The van der Waals surface area contributed by atoms with Crippen LogP contribution in [0.1, 0.15) is 32.8 Å². The first-order valence-corrected chi connectivity index (χ1v) is 8.23. The molecule has 1 aliphatic heterocycles. The van der Waals surface area contributed by atoms with E-state index >= 15 is 0 Å². The van der Waals surface area contributed by atoms with E-state index in [1.165, 1.54) is 0 Å². The van der Waals surface area contributed by atoms with Crippen LogP contribution in [-0.4, -0.2) is 41.8 Å². The first-order valence-electron chi connectivity index (χ1n) is 8.23. The number of carbonyl (C=O) groups excluding carboxylic acids is 2. The Balaban J connectivity index is 1.38. The van der Waals surface area contributed by atoms with Crippen molar-refractivity contribution >= 4 is 12.2 Å². The van der Waals surface area contributed by atoms with E-state index in [-0.39, 0.29) is 24.2 Å². The van der Waals surface area contributed by atoms with E-state index in [4.69, 9.17) is 9.47 Å². The highest BCUT2D eigenvalue weighted by molar-refractivity contribution is 5.71. The molecule has 6 heteroatoms. The summed E-state index contributed by atoms with van der Waals surface area (Å²) >= 11 is 0. The van der Waals surface area contributed by atoms with Crippen molar-refractivity contribution in [1.82, 2.24) is 10.2 Å². The molecule has 3 rings (SSSR count). The molecule has 1 aliphatic carbocycles. The summed E-state index contributed by atoms with van der Waals surface area (Å²) in [5, 5.41) is 2.88. The fraction of sp³-hybridized carbons (Fsp3) is 0.556. The summed E-state index contributed by atoms with van der Waals surface area (Å²) in [6.45, 7) is 7.08. The maximum atomic E-state index is 11.9. The van der Waals surface area contributed by atoms with Gasteiger partial charge in [-0.3, -0.25) is 0 Å². The second-order valence-electron chi connectivity index (χ2n) is 7.66. The lowest BCUT2D eigenvalue weighted by Crippen LogP contribution is -2.55. The molecule has 1 saturated heterocycles. The molecule has 1 spiro atoms. The molecule has 2 amide bonds. The van der Waals surface area contributed by atoms with E-state index in [9.17, 15) is 9.59 Å². The molecule has 0 bridgehead atoms. The van der Waals surface area contributed by atoms with Crippen molar-refractivity contribution in [1.29, 1.82) is 0 Å². The molecule has 0 aromatic heterocycles. The van der Waals surface area contributed by atoms with Gasteiger partial charge in [0.1, 0.15) is 12.2 Å². The number of ether oxygens (including phenoxy) is 2. The molecule has 130 valence electrons. The molecule has 6 nitrogen and oxygen atoms in total. The van der Waals surface area contributed by atoms with E-state index in [1.807, 2.05) is 51.1 Å². The number of hydrogen-bond donors (Lipinski definition) is 1. The minimum Gasteiger partial charge on any atom is -0.445 e. The Morgan fingerprint density at radius 3 is 2.54 bits per heavy atom. The molecule has 1 aromatic rings. The van der Waals surface area contributed by atoms with Gasteiger partial charge in [-0.2, -0.15) is 0 Å². The standard InChI is InChI=1S/C18H24N2O4/c1-17(2,3)24-16(22)20-11-18(12-20)9-14(18)19-15(21)23-10-13-7-5-4-6-8-13/h4-8,14H,9-12H2,1-3H3,(H,19,21). The van der Waals surface area contributed by atoms with Gasteiger partial charge in [-0.25, -0.2) is 9.59 Å². The Hall–Kier alpha value is -2.24. The van der Waals surface area contributed by atoms with Crippen molar-refractivity contribution in [2.75, 3.05) is 13.1 Å². The maximum Gasteiger partial charge on any atom is 0.410 e. The number of amides is 2. The largest absolute Gasteiger partial charge is 0.445 e. The van der Waals surface area contributed by atoms with E-state index in [1.54, 1.807) is 4.90 Å². The number of nitrogens with one attached hydrogen (secondary N) is 1. The van der Waals surface area contributed by atoms with Crippen LogP contribution in [0.5, 0.6) is 0 Å². The van der Waals surface area contributed by atoms with Gasteiger partial charge in [-0.05, 0) is 32.8 Å². The lowest BCUT2D eigenvalue weighted by molar-refractivity contribution is -0.00777. The third kappa shape index (κ3) is 3.80. The van der Waals surface area contributed by atoms with Gasteiger partial charge in [0.15, 0.2) is 0 Å². The normalized spacial score (nSPS) is 21.0. The molecule has 1 saturated carbocycles. The zero-order valence-corrected chi connectivity index (χ0v) is 14.4. The van der Waals surface area contributed by atoms with Crippen molar-refractivity contribution in [2.45, 2.75) is 45.4 Å². The first kappa shape index (κ1) is 16.6. The van der Waals surface area contributed by atoms with E-state index in [0.29, 0.717) is 13.1 Å². The average molecular weight is 332 g/mol. The van der Waals surface area contributed by atoms with Gasteiger partial charge >= 0.3 is 12.2 Å². The molecule has 24 heavy (non-hydrogen) atoms. The molecule has 1 atom stereocenters. The minimum absolute atomic E-state index is 0.0165. The van der Waals surface area contributed by atoms with E-state index in [2.05, 4.69) is 5.32 Å². The third-order valence-corrected chi connectivity index (χ3v) is 4.36. The highest BCUT2D eigenvalue weighted by atomic mass is 16.6. The van der Waals surface area contributed by atoms with Crippen LogP contribution in [0.4, 0.5) is 9.59 Å². The van der Waals surface area contributed by atoms with Gasteiger partial charge in [0.05, 0.1) is 0 Å². The fourth-order valence-corrected chi connectivity index (χ4v) is 2.98. The first-order chi connectivity index (χ1) is 11.3. The molecule has 1 aromatic carbocycles. The van der Waals surface area contributed by atoms with Gasteiger partial charge in [0.2, 0.25) is 0 Å². The highest BCUT2D eigenvalue weighted by Crippen LogP contribution is 2.53. The van der Waals surface area contributed by atoms with Crippen molar-refractivity contribution in [3.63, 3.8) is 0 Å². The van der Waals surface area contributed by atoms with E-state index < -0.39 is 11.7 Å². The predicted molar refractivity (Wildman–Crippen MR) is 88.4 cm³/mol. The third-order valence-electron chi connectivity index (χ3n) is 4.36. The Labute approximate surface area is 142 Å². The second kappa shape index (κ2) is 6.00. The zero-order chi connectivity index (χ0) is 17.4. The van der Waals surface area contributed by atoms with Crippen LogP contribution in [0.2, 0.25) is 0 Å². The summed E-state index contributed by atoms with van der Waals surface area (Å²) < 4.78 is 10.6. The molecule has 0 radical (unpaired) electrons. The van der Waals surface area contributed by atoms with Gasteiger partial charge in [-0.15, -0.1) is 0 Å². The number of hydrogen-bond acceptors (Lipinski definition) is 4. The highest BCUT2D eigenvalue weighted by Gasteiger charge is 2.63. The number of nitrogens with zero attached hydrogens (tertiary/aromatic N) is 1. The molecule has 1 unspecified atom stereocenters. The van der Waals surface area contributed by atoms with Gasteiger partial charge in [0.25, 0.3) is 0 Å². The van der Waals surface area contributed by atoms with Crippen LogP contribution in [-0.2, 0) is 16.1 Å². The molecular weight excluding hydrogens is 308 g/mol. The topological polar surface area (TPSA) is 67.9 Å². The molecule has 1 heterocycles. The Kier molecular flexibility index (Phi) is 4.15. The smallest absolute Gasteiger partial charge is 0.410 e. The number of likely N-dealkylation sites (tertiary alicyclic amines) is 1. The number of benzene rings is 1. The van der Waals surface area contributed by atoms with Gasteiger partial charge in [0, 0.05) is 24.5 Å². The van der Waals surface area contributed by atoms with Crippen LogP contribution in [0.3, 0.4) is 0 Å². The van der Waals surface area contributed by atoms with Crippen LogP contribution < -0.4 is 5.32 Å². The molecule has 2 fully saturated rings. The zero-order valence-electron chi connectivity index (χ0n) is 14.4. The quantitative estimate of drug-likeness (QED) is 0.924. The summed E-state index contributed by atoms with van der Waals surface area (Å²) in [5.41, 5.74) is 0.489. The molecule has 1 N–H and O–H groups in total. The van der Waals surface area contributed by atoms with Crippen LogP contribution in [0.15, 0.2) is 30.3 Å². The van der Waals surface area contributed by atoms with Gasteiger partial charge in [-0.1, -0.05) is 30.3 Å². The lowest BCUT2D eigenvalue weighted by atomic mass is 9.96.